The number of benzene rings is 2. The summed E-state index contributed by atoms with van der Waals surface area (Å²) >= 11 is 0. The Morgan fingerprint density at radius 3 is 2.32 bits per heavy atom. The largest absolute Gasteiger partial charge is 0.497 e. The first-order chi connectivity index (χ1) is 12.3. The molecule has 0 bridgehead atoms. The third-order valence-corrected chi connectivity index (χ3v) is 4.51. The number of nitrogens with one attached hydrogen (secondary N) is 1. The lowest BCUT2D eigenvalue weighted by atomic mass is 10.1. The van der Waals surface area contributed by atoms with Crippen molar-refractivity contribution in [2.75, 3.05) is 26.7 Å². The van der Waals surface area contributed by atoms with Crippen molar-refractivity contribution in [3.05, 3.63) is 65.7 Å². The van der Waals surface area contributed by atoms with Crippen molar-refractivity contribution in [1.29, 1.82) is 0 Å². The zero-order valence-corrected chi connectivity index (χ0v) is 15.7. The van der Waals surface area contributed by atoms with E-state index in [1.54, 1.807) is 7.11 Å². The van der Waals surface area contributed by atoms with Gasteiger partial charge in [-0.25, -0.2) is 0 Å². The second-order valence-electron chi connectivity index (χ2n) is 6.44. The van der Waals surface area contributed by atoms with Crippen molar-refractivity contribution in [3.8, 4) is 5.75 Å². The predicted octanol–water partition coefficient (Wildman–Crippen LogP) is 4.48. The summed E-state index contributed by atoms with van der Waals surface area (Å²) < 4.78 is 5.22. The summed E-state index contributed by atoms with van der Waals surface area (Å²) in [5.74, 6) is 0.926. The van der Waals surface area contributed by atoms with Gasteiger partial charge in [-0.15, -0.1) is 0 Å². The molecule has 0 aliphatic heterocycles. The van der Waals surface area contributed by atoms with Gasteiger partial charge in [0, 0.05) is 13.1 Å². The Bertz CT molecular complexity index is 568. The highest BCUT2D eigenvalue weighted by atomic mass is 16.5. The van der Waals surface area contributed by atoms with E-state index in [2.05, 4.69) is 59.6 Å². The van der Waals surface area contributed by atoms with Crippen LogP contribution in [0, 0.1) is 0 Å². The maximum absolute atomic E-state index is 5.22. The second kappa shape index (κ2) is 11.7. The SMILES string of the molecule is CCN(CCCCCNCc1ccccc1)Cc1ccc(OC)cc1. The summed E-state index contributed by atoms with van der Waals surface area (Å²) in [4.78, 5) is 2.51. The number of ether oxygens (including phenoxy) is 1. The van der Waals surface area contributed by atoms with Crippen LogP contribution in [-0.2, 0) is 13.1 Å². The van der Waals surface area contributed by atoms with Crippen LogP contribution in [0.3, 0.4) is 0 Å². The summed E-state index contributed by atoms with van der Waals surface area (Å²) in [6.07, 6.45) is 3.78. The summed E-state index contributed by atoms with van der Waals surface area (Å²) in [6, 6.07) is 19.0. The lowest BCUT2D eigenvalue weighted by Gasteiger charge is -2.20. The summed E-state index contributed by atoms with van der Waals surface area (Å²) in [7, 11) is 1.71. The Morgan fingerprint density at radius 2 is 1.64 bits per heavy atom. The molecule has 1 N–H and O–H groups in total. The topological polar surface area (TPSA) is 24.5 Å². The zero-order valence-electron chi connectivity index (χ0n) is 15.7. The Kier molecular flexibility index (Phi) is 9.09. The molecular formula is C22H32N2O. The summed E-state index contributed by atoms with van der Waals surface area (Å²) in [6.45, 7) is 7.59. The van der Waals surface area contributed by atoms with Gasteiger partial charge in [0.15, 0.2) is 0 Å². The van der Waals surface area contributed by atoms with E-state index in [1.807, 2.05) is 12.1 Å². The van der Waals surface area contributed by atoms with E-state index in [9.17, 15) is 0 Å². The molecule has 0 atom stereocenters. The summed E-state index contributed by atoms with van der Waals surface area (Å²) in [5, 5.41) is 3.53. The Labute approximate surface area is 153 Å². The first kappa shape index (κ1) is 19.5. The average molecular weight is 341 g/mol. The molecule has 0 fully saturated rings. The van der Waals surface area contributed by atoms with E-state index >= 15 is 0 Å². The number of hydrogen-bond acceptors (Lipinski definition) is 3. The highest BCUT2D eigenvalue weighted by Gasteiger charge is 2.04. The van der Waals surface area contributed by atoms with Gasteiger partial charge in [-0.3, -0.25) is 4.90 Å². The van der Waals surface area contributed by atoms with Crippen molar-refractivity contribution >= 4 is 0 Å². The van der Waals surface area contributed by atoms with Gasteiger partial charge in [-0.05, 0) is 55.7 Å². The van der Waals surface area contributed by atoms with E-state index in [-0.39, 0.29) is 0 Å². The van der Waals surface area contributed by atoms with E-state index < -0.39 is 0 Å². The third-order valence-electron chi connectivity index (χ3n) is 4.51. The minimum Gasteiger partial charge on any atom is -0.497 e. The molecule has 0 unspecified atom stereocenters. The van der Waals surface area contributed by atoms with Gasteiger partial charge < -0.3 is 10.1 Å². The molecule has 3 nitrogen and oxygen atoms in total. The minimum absolute atomic E-state index is 0.926. The van der Waals surface area contributed by atoms with E-state index in [1.165, 1.54) is 36.9 Å². The minimum atomic E-state index is 0.926. The Morgan fingerprint density at radius 1 is 0.880 bits per heavy atom. The standard InChI is InChI=1S/C22H32N2O/c1-3-24(19-21-12-14-22(25-2)15-13-21)17-9-5-8-16-23-18-20-10-6-4-7-11-20/h4,6-7,10-15,23H,3,5,8-9,16-19H2,1-2H3. The van der Waals surface area contributed by atoms with Gasteiger partial charge in [0.25, 0.3) is 0 Å². The fourth-order valence-electron chi connectivity index (χ4n) is 2.93. The van der Waals surface area contributed by atoms with Crippen LogP contribution in [0.2, 0.25) is 0 Å². The van der Waals surface area contributed by atoms with Crippen LogP contribution in [-0.4, -0.2) is 31.6 Å². The molecular weight excluding hydrogens is 308 g/mol. The number of nitrogens with zero attached hydrogens (tertiary/aromatic N) is 1. The number of hydrogen-bond donors (Lipinski definition) is 1. The van der Waals surface area contributed by atoms with Crippen LogP contribution in [0.15, 0.2) is 54.6 Å². The van der Waals surface area contributed by atoms with Gasteiger partial charge in [-0.2, -0.15) is 0 Å². The average Bonchev–Trinajstić information content (AvgIpc) is 2.67. The van der Waals surface area contributed by atoms with Crippen molar-refractivity contribution in [2.24, 2.45) is 0 Å². The quantitative estimate of drug-likeness (QED) is 0.577. The molecule has 2 rings (SSSR count). The van der Waals surface area contributed by atoms with Gasteiger partial charge in [-0.1, -0.05) is 55.8 Å². The first-order valence-corrected chi connectivity index (χ1v) is 9.41. The molecule has 0 radical (unpaired) electrons. The van der Waals surface area contributed by atoms with E-state index in [0.717, 1.165) is 31.9 Å². The lowest BCUT2D eigenvalue weighted by molar-refractivity contribution is 0.272. The molecule has 0 aromatic heterocycles. The number of methoxy groups -OCH3 is 1. The Balaban J connectivity index is 1.56. The number of rotatable bonds is 12. The fraction of sp³-hybridized carbons (Fsp3) is 0.455. The molecule has 0 saturated carbocycles. The van der Waals surface area contributed by atoms with Gasteiger partial charge in [0.1, 0.15) is 5.75 Å². The molecule has 0 aliphatic rings. The molecule has 0 spiro atoms. The van der Waals surface area contributed by atoms with Crippen LogP contribution in [0.25, 0.3) is 0 Å². The van der Waals surface area contributed by atoms with Crippen LogP contribution < -0.4 is 10.1 Å². The molecule has 0 aliphatic carbocycles. The van der Waals surface area contributed by atoms with Crippen molar-refractivity contribution in [2.45, 2.75) is 39.3 Å². The second-order valence-corrected chi connectivity index (χ2v) is 6.44. The molecule has 25 heavy (non-hydrogen) atoms. The molecule has 0 heterocycles. The fourth-order valence-corrected chi connectivity index (χ4v) is 2.93. The highest BCUT2D eigenvalue weighted by molar-refractivity contribution is 5.27. The molecule has 136 valence electrons. The highest BCUT2D eigenvalue weighted by Crippen LogP contribution is 2.13. The van der Waals surface area contributed by atoms with Crippen molar-refractivity contribution in [3.63, 3.8) is 0 Å². The van der Waals surface area contributed by atoms with Gasteiger partial charge >= 0.3 is 0 Å². The molecule has 2 aromatic carbocycles. The van der Waals surface area contributed by atoms with Gasteiger partial charge in [0.2, 0.25) is 0 Å². The summed E-state index contributed by atoms with van der Waals surface area (Å²) in [5.41, 5.74) is 2.71. The Hall–Kier alpha value is -1.84. The van der Waals surface area contributed by atoms with Gasteiger partial charge in [0.05, 0.1) is 7.11 Å². The van der Waals surface area contributed by atoms with E-state index in [0.29, 0.717) is 0 Å². The van der Waals surface area contributed by atoms with Crippen LogP contribution >= 0.6 is 0 Å². The van der Waals surface area contributed by atoms with Crippen LogP contribution in [0.1, 0.15) is 37.3 Å². The third kappa shape index (κ3) is 7.72. The predicted molar refractivity (Wildman–Crippen MR) is 106 cm³/mol. The van der Waals surface area contributed by atoms with E-state index in [4.69, 9.17) is 4.74 Å². The first-order valence-electron chi connectivity index (χ1n) is 9.41. The zero-order chi connectivity index (χ0) is 17.7. The van der Waals surface area contributed by atoms with Crippen molar-refractivity contribution < 1.29 is 4.74 Å². The van der Waals surface area contributed by atoms with Crippen LogP contribution in [0.5, 0.6) is 5.75 Å². The molecule has 3 heteroatoms. The molecule has 0 saturated heterocycles. The number of unbranched alkanes of at least 4 members (excludes halogenated alkanes) is 2. The molecule has 2 aromatic rings. The maximum Gasteiger partial charge on any atom is 0.118 e. The monoisotopic (exact) mass is 340 g/mol. The van der Waals surface area contributed by atoms with Crippen LogP contribution in [0.4, 0.5) is 0 Å². The normalized spacial score (nSPS) is 11.0. The van der Waals surface area contributed by atoms with Crippen molar-refractivity contribution in [1.82, 2.24) is 10.2 Å². The maximum atomic E-state index is 5.22. The lowest BCUT2D eigenvalue weighted by Crippen LogP contribution is -2.24. The smallest absolute Gasteiger partial charge is 0.118 e. The molecule has 0 amide bonds.